The number of carbonyl (C=O) groups is 1. The summed E-state index contributed by atoms with van der Waals surface area (Å²) >= 11 is 0. The fourth-order valence-electron chi connectivity index (χ4n) is 4.01. The van der Waals surface area contributed by atoms with Gasteiger partial charge >= 0.3 is 0 Å². The Hall–Kier alpha value is -1.55. The molecule has 3 rings (SSSR count). The van der Waals surface area contributed by atoms with Crippen LogP contribution >= 0.6 is 0 Å². The number of rotatable bonds is 8. The summed E-state index contributed by atoms with van der Waals surface area (Å²) in [6.07, 6.45) is 11.8. The van der Waals surface area contributed by atoms with Crippen LogP contribution in [0.4, 0.5) is 0 Å². The van der Waals surface area contributed by atoms with Gasteiger partial charge in [-0.1, -0.05) is 31.4 Å². The van der Waals surface area contributed by atoms with Crippen LogP contribution < -0.4 is 10.1 Å². The number of hydrogen-bond donors (Lipinski definition) is 1. The van der Waals surface area contributed by atoms with E-state index in [0.717, 1.165) is 31.6 Å². The van der Waals surface area contributed by atoms with Crippen LogP contribution in [0, 0.1) is 0 Å². The molecule has 1 N–H and O–H groups in total. The zero-order chi connectivity index (χ0) is 18.2. The van der Waals surface area contributed by atoms with Crippen molar-refractivity contribution in [3.8, 4) is 5.75 Å². The fraction of sp³-hybridized carbons (Fsp3) is 0.682. The van der Waals surface area contributed by atoms with Crippen molar-refractivity contribution in [2.75, 3.05) is 13.2 Å². The van der Waals surface area contributed by atoms with E-state index in [1.54, 1.807) is 0 Å². The Morgan fingerprint density at radius 1 is 1.15 bits per heavy atom. The van der Waals surface area contributed by atoms with Crippen molar-refractivity contribution in [2.24, 2.45) is 0 Å². The SMILES string of the molecule is C[C@H](Oc1cccc2c1CCCC2)C(=O)NCCCOC1CCCCC1. The van der Waals surface area contributed by atoms with Crippen molar-refractivity contribution < 1.29 is 14.3 Å². The highest BCUT2D eigenvalue weighted by atomic mass is 16.5. The van der Waals surface area contributed by atoms with Crippen molar-refractivity contribution in [3.05, 3.63) is 29.3 Å². The number of ether oxygens (including phenoxy) is 2. The summed E-state index contributed by atoms with van der Waals surface area (Å²) in [5.74, 6) is 0.835. The van der Waals surface area contributed by atoms with Gasteiger partial charge in [-0.25, -0.2) is 0 Å². The van der Waals surface area contributed by atoms with Crippen LogP contribution in [0.1, 0.15) is 69.4 Å². The number of hydrogen-bond acceptors (Lipinski definition) is 3. The Morgan fingerprint density at radius 3 is 2.81 bits per heavy atom. The Morgan fingerprint density at radius 2 is 1.96 bits per heavy atom. The number of carbonyl (C=O) groups excluding carboxylic acids is 1. The van der Waals surface area contributed by atoms with E-state index in [2.05, 4.69) is 11.4 Å². The molecule has 1 atom stereocenters. The quantitative estimate of drug-likeness (QED) is 0.708. The predicted molar refractivity (Wildman–Crippen MR) is 104 cm³/mol. The van der Waals surface area contributed by atoms with Gasteiger partial charge in [0.1, 0.15) is 5.75 Å². The average molecular weight is 360 g/mol. The van der Waals surface area contributed by atoms with E-state index in [1.165, 1.54) is 56.1 Å². The second kappa shape index (κ2) is 9.96. The number of amides is 1. The summed E-state index contributed by atoms with van der Waals surface area (Å²) in [6, 6.07) is 6.21. The van der Waals surface area contributed by atoms with Crippen molar-refractivity contribution in [2.45, 2.75) is 83.3 Å². The lowest BCUT2D eigenvalue weighted by Gasteiger charge is -2.22. The van der Waals surface area contributed by atoms with Gasteiger partial charge in [-0.3, -0.25) is 4.79 Å². The zero-order valence-electron chi connectivity index (χ0n) is 16.1. The second-order valence-electron chi connectivity index (χ2n) is 7.64. The molecule has 0 aliphatic heterocycles. The largest absolute Gasteiger partial charge is 0.481 e. The number of fused-ring (bicyclic) bond motifs is 1. The van der Waals surface area contributed by atoms with Crippen LogP contribution in [-0.2, 0) is 22.4 Å². The average Bonchev–Trinajstić information content (AvgIpc) is 2.68. The highest BCUT2D eigenvalue weighted by Crippen LogP contribution is 2.30. The second-order valence-corrected chi connectivity index (χ2v) is 7.64. The molecule has 4 heteroatoms. The lowest BCUT2D eigenvalue weighted by Crippen LogP contribution is -2.37. The monoisotopic (exact) mass is 359 g/mol. The van der Waals surface area contributed by atoms with Crippen LogP contribution in [0.25, 0.3) is 0 Å². The first-order valence-corrected chi connectivity index (χ1v) is 10.4. The van der Waals surface area contributed by atoms with Gasteiger partial charge in [0.15, 0.2) is 6.10 Å². The van der Waals surface area contributed by atoms with E-state index in [0.29, 0.717) is 12.6 Å². The van der Waals surface area contributed by atoms with Gasteiger partial charge < -0.3 is 14.8 Å². The van der Waals surface area contributed by atoms with Crippen LogP contribution in [0.2, 0.25) is 0 Å². The molecule has 0 aromatic heterocycles. The lowest BCUT2D eigenvalue weighted by atomic mass is 9.91. The molecule has 2 aliphatic carbocycles. The maximum Gasteiger partial charge on any atom is 0.260 e. The van der Waals surface area contributed by atoms with Crippen molar-refractivity contribution in [3.63, 3.8) is 0 Å². The molecule has 2 aliphatic rings. The third-order valence-corrected chi connectivity index (χ3v) is 5.55. The highest BCUT2D eigenvalue weighted by Gasteiger charge is 2.19. The normalized spacial score (nSPS) is 18.8. The van der Waals surface area contributed by atoms with Gasteiger partial charge in [-0.15, -0.1) is 0 Å². The molecule has 1 saturated carbocycles. The molecule has 0 heterocycles. The van der Waals surface area contributed by atoms with Crippen molar-refractivity contribution in [1.82, 2.24) is 5.32 Å². The topological polar surface area (TPSA) is 47.6 Å². The van der Waals surface area contributed by atoms with E-state index in [9.17, 15) is 4.79 Å². The molecule has 26 heavy (non-hydrogen) atoms. The number of nitrogens with one attached hydrogen (secondary N) is 1. The van der Waals surface area contributed by atoms with E-state index in [1.807, 2.05) is 19.1 Å². The maximum atomic E-state index is 12.3. The molecule has 1 amide bonds. The highest BCUT2D eigenvalue weighted by molar-refractivity contribution is 5.80. The molecule has 0 radical (unpaired) electrons. The van der Waals surface area contributed by atoms with Crippen LogP contribution in [0.15, 0.2) is 18.2 Å². The maximum absolute atomic E-state index is 12.3. The summed E-state index contributed by atoms with van der Waals surface area (Å²) in [7, 11) is 0. The molecular formula is C22H33NO3. The minimum atomic E-state index is -0.470. The first-order valence-electron chi connectivity index (χ1n) is 10.4. The standard InChI is InChI=1S/C22H33NO3/c1-17(26-21-14-7-10-18-9-5-6-13-20(18)21)22(24)23-15-8-16-25-19-11-3-2-4-12-19/h7,10,14,17,19H,2-6,8-9,11-13,15-16H2,1H3,(H,23,24)/t17-/m0/s1. The summed E-state index contributed by atoms with van der Waals surface area (Å²) in [4.78, 5) is 12.3. The minimum absolute atomic E-state index is 0.0453. The van der Waals surface area contributed by atoms with Crippen LogP contribution in [0.3, 0.4) is 0 Å². The third kappa shape index (κ3) is 5.47. The van der Waals surface area contributed by atoms with E-state index >= 15 is 0 Å². The predicted octanol–water partition coefficient (Wildman–Crippen LogP) is 4.19. The summed E-state index contributed by atoms with van der Waals surface area (Å²) in [6.45, 7) is 3.20. The molecular weight excluding hydrogens is 326 g/mol. The van der Waals surface area contributed by atoms with E-state index in [4.69, 9.17) is 9.47 Å². The first kappa shape index (κ1) is 19.2. The van der Waals surface area contributed by atoms with Gasteiger partial charge in [-0.05, 0) is 69.1 Å². The molecule has 0 spiro atoms. The van der Waals surface area contributed by atoms with Crippen LogP contribution in [0.5, 0.6) is 5.75 Å². The van der Waals surface area contributed by atoms with Gasteiger partial charge in [0.25, 0.3) is 5.91 Å². The molecule has 1 aromatic carbocycles. The van der Waals surface area contributed by atoms with Gasteiger partial charge in [0, 0.05) is 13.2 Å². The molecule has 0 saturated heterocycles. The summed E-state index contributed by atoms with van der Waals surface area (Å²) in [5.41, 5.74) is 2.67. The number of benzene rings is 1. The molecule has 144 valence electrons. The summed E-state index contributed by atoms with van der Waals surface area (Å²) < 4.78 is 11.9. The Balaban J connectivity index is 1.37. The first-order chi connectivity index (χ1) is 12.7. The van der Waals surface area contributed by atoms with Gasteiger partial charge in [0.2, 0.25) is 0 Å². The zero-order valence-corrected chi connectivity index (χ0v) is 16.1. The van der Waals surface area contributed by atoms with Gasteiger partial charge in [0.05, 0.1) is 6.10 Å². The molecule has 4 nitrogen and oxygen atoms in total. The number of aryl methyl sites for hydroxylation is 1. The Bertz CT molecular complexity index is 581. The minimum Gasteiger partial charge on any atom is -0.481 e. The Kier molecular flexibility index (Phi) is 7.36. The molecule has 0 unspecified atom stereocenters. The Labute approximate surface area is 157 Å². The molecule has 0 bridgehead atoms. The molecule has 1 fully saturated rings. The third-order valence-electron chi connectivity index (χ3n) is 5.55. The van der Waals surface area contributed by atoms with Gasteiger partial charge in [-0.2, -0.15) is 0 Å². The molecule has 1 aromatic rings. The fourth-order valence-corrected chi connectivity index (χ4v) is 4.01. The van der Waals surface area contributed by atoms with Crippen molar-refractivity contribution >= 4 is 5.91 Å². The lowest BCUT2D eigenvalue weighted by molar-refractivity contribution is -0.127. The van der Waals surface area contributed by atoms with Crippen molar-refractivity contribution in [1.29, 1.82) is 0 Å². The smallest absolute Gasteiger partial charge is 0.260 e. The van der Waals surface area contributed by atoms with Crippen LogP contribution in [-0.4, -0.2) is 31.3 Å². The summed E-state index contributed by atoms with van der Waals surface area (Å²) in [5, 5.41) is 2.98. The van der Waals surface area contributed by atoms with E-state index in [-0.39, 0.29) is 5.91 Å². The van der Waals surface area contributed by atoms with E-state index < -0.39 is 6.10 Å².